The van der Waals surface area contributed by atoms with Gasteiger partial charge in [0.2, 0.25) is 5.91 Å². The molecule has 4 rings (SSSR count). The normalized spacial score (nSPS) is 29.8. The van der Waals surface area contributed by atoms with Gasteiger partial charge in [0, 0.05) is 30.4 Å². The molecule has 2 unspecified atom stereocenters. The Morgan fingerprint density at radius 3 is 2.76 bits per heavy atom. The average Bonchev–Trinajstić information content (AvgIpc) is 3.44. The number of aliphatic hydroxyl groups excluding tert-OH is 1. The number of aliphatic hydroxyl groups is 1. The van der Waals surface area contributed by atoms with Gasteiger partial charge in [0.1, 0.15) is 11.6 Å². The maximum Gasteiger partial charge on any atom is 0.312 e. The van der Waals surface area contributed by atoms with Crippen LogP contribution in [0.15, 0.2) is 36.9 Å². The predicted octanol–water partition coefficient (Wildman–Crippen LogP) is 2.18. The Morgan fingerprint density at radius 1 is 1.39 bits per heavy atom. The van der Waals surface area contributed by atoms with E-state index in [1.54, 1.807) is 42.2 Å². The Balaban J connectivity index is 1.75. The molecule has 5 atom stereocenters. The van der Waals surface area contributed by atoms with E-state index in [-0.39, 0.29) is 38.1 Å². The molecule has 1 aromatic carbocycles. The van der Waals surface area contributed by atoms with Gasteiger partial charge in [0.15, 0.2) is 0 Å². The van der Waals surface area contributed by atoms with E-state index in [0.29, 0.717) is 30.0 Å². The Kier molecular flexibility index (Phi) is 6.79. The third kappa shape index (κ3) is 3.84. The predicted molar refractivity (Wildman–Crippen MR) is 122 cm³/mol. The monoisotopic (exact) mass is 476 g/mol. The number of carbonyl (C=O) groups excluding carboxylic acids is 3. The van der Waals surface area contributed by atoms with E-state index in [1.807, 2.05) is 0 Å². The summed E-state index contributed by atoms with van der Waals surface area (Å²) in [6, 6.07) is 5.95. The van der Waals surface area contributed by atoms with E-state index in [9.17, 15) is 19.5 Å². The van der Waals surface area contributed by atoms with Crippen molar-refractivity contribution in [3.63, 3.8) is 0 Å². The lowest BCUT2D eigenvalue weighted by atomic mass is 9.70. The molecule has 3 saturated heterocycles. The lowest BCUT2D eigenvalue weighted by Gasteiger charge is -2.36. The molecule has 3 heterocycles. The highest BCUT2D eigenvalue weighted by Gasteiger charge is 2.75. The van der Waals surface area contributed by atoms with Crippen molar-refractivity contribution in [3.8, 4) is 0 Å². The van der Waals surface area contributed by atoms with Gasteiger partial charge in [0.05, 0.1) is 24.5 Å². The van der Waals surface area contributed by atoms with Crippen LogP contribution in [-0.4, -0.2) is 71.8 Å². The molecular weight excluding hydrogens is 448 g/mol. The number of likely N-dealkylation sites (tertiary alicyclic amines) is 1. The second-order valence-electron chi connectivity index (χ2n) is 8.63. The van der Waals surface area contributed by atoms with Crippen LogP contribution in [-0.2, 0) is 23.9 Å². The van der Waals surface area contributed by atoms with Crippen LogP contribution in [0.2, 0.25) is 5.02 Å². The van der Waals surface area contributed by atoms with Crippen LogP contribution in [0.1, 0.15) is 26.2 Å². The molecule has 0 aliphatic carbocycles. The van der Waals surface area contributed by atoms with Crippen LogP contribution < -0.4 is 4.90 Å². The smallest absolute Gasteiger partial charge is 0.312 e. The fraction of sp³-hybridized carbons (Fsp3) is 0.542. The van der Waals surface area contributed by atoms with E-state index in [2.05, 4.69) is 6.58 Å². The summed E-state index contributed by atoms with van der Waals surface area (Å²) in [6.07, 6.45) is 2.56. The summed E-state index contributed by atoms with van der Waals surface area (Å²) in [5, 5.41) is 9.95. The molecule has 0 saturated carbocycles. The van der Waals surface area contributed by atoms with Crippen LogP contribution in [0.3, 0.4) is 0 Å². The number of esters is 1. The number of hydrogen-bond acceptors (Lipinski definition) is 6. The second-order valence-corrected chi connectivity index (χ2v) is 9.07. The van der Waals surface area contributed by atoms with Gasteiger partial charge >= 0.3 is 5.97 Å². The molecule has 2 bridgehead atoms. The topological polar surface area (TPSA) is 96.4 Å². The van der Waals surface area contributed by atoms with Gasteiger partial charge in [-0.15, -0.1) is 6.58 Å². The highest BCUT2D eigenvalue weighted by molar-refractivity contribution is 6.30. The number of hydrogen-bond donors (Lipinski definition) is 1. The van der Waals surface area contributed by atoms with Crippen molar-refractivity contribution in [1.82, 2.24) is 4.90 Å². The number of fused-ring (bicyclic) bond motifs is 1. The zero-order valence-corrected chi connectivity index (χ0v) is 19.4. The highest BCUT2D eigenvalue weighted by Crippen LogP contribution is 2.58. The minimum absolute atomic E-state index is 0.124. The number of anilines is 1. The molecule has 2 amide bonds. The van der Waals surface area contributed by atoms with Gasteiger partial charge in [-0.05, 0) is 50.5 Å². The first kappa shape index (κ1) is 23.7. The molecule has 0 aromatic heterocycles. The fourth-order valence-corrected chi connectivity index (χ4v) is 5.77. The summed E-state index contributed by atoms with van der Waals surface area (Å²) in [6.45, 7) is 6.00. The first-order chi connectivity index (χ1) is 15.9. The summed E-state index contributed by atoms with van der Waals surface area (Å²) in [5.41, 5.74) is -0.481. The third-order valence-corrected chi connectivity index (χ3v) is 7.12. The Bertz CT molecular complexity index is 937. The van der Waals surface area contributed by atoms with Gasteiger partial charge in [-0.25, -0.2) is 0 Å². The van der Waals surface area contributed by atoms with Gasteiger partial charge in [-0.1, -0.05) is 17.7 Å². The van der Waals surface area contributed by atoms with E-state index < -0.39 is 35.6 Å². The van der Waals surface area contributed by atoms with Crippen molar-refractivity contribution in [2.75, 3.05) is 31.2 Å². The Labute approximate surface area is 198 Å². The molecule has 8 nitrogen and oxygen atoms in total. The quantitative estimate of drug-likeness (QED) is 0.433. The summed E-state index contributed by atoms with van der Waals surface area (Å²) in [4.78, 5) is 43.5. The van der Waals surface area contributed by atoms with Crippen molar-refractivity contribution in [2.45, 2.75) is 43.9 Å². The lowest BCUT2D eigenvalue weighted by molar-refractivity contribution is -0.154. The number of halogens is 1. The van der Waals surface area contributed by atoms with Gasteiger partial charge in [-0.2, -0.15) is 0 Å². The third-order valence-electron chi connectivity index (χ3n) is 6.87. The largest absolute Gasteiger partial charge is 0.466 e. The molecule has 3 fully saturated rings. The highest BCUT2D eigenvalue weighted by atomic mass is 35.5. The number of rotatable bonds is 9. The zero-order valence-electron chi connectivity index (χ0n) is 18.6. The first-order valence-corrected chi connectivity index (χ1v) is 11.7. The molecule has 3 aliphatic heterocycles. The van der Waals surface area contributed by atoms with Crippen molar-refractivity contribution in [2.24, 2.45) is 11.8 Å². The molecule has 3 aliphatic rings. The Hall–Kier alpha value is -2.42. The van der Waals surface area contributed by atoms with E-state index in [0.717, 1.165) is 0 Å². The summed E-state index contributed by atoms with van der Waals surface area (Å²) >= 11 is 6.03. The average molecular weight is 477 g/mol. The van der Waals surface area contributed by atoms with E-state index >= 15 is 0 Å². The second kappa shape index (κ2) is 9.44. The fourth-order valence-electron chi connectivity index (χ4n) is 5.64. The number of ether oxygens (including phenoxy) is 2. The number of amides is 2. The molecule has 1 N–H and O–H groups in total. The number of nitrogens with zero attached hydrogens (tertiary/aromatic N) is 2. The standard InChI is InChI=1S/C24H29ClN2O6/c1-3-12-26(16-8-6-15(25)7-9-16)22(30)20-24-11-10-17(33-24)18(23(31)32-4-2)19(24)21(29)27(20)13-5-14-28/h3,6-9,17-20,28H,1,4-5,10-14H2,2H3/t17-,18+,19+,20?,24?/m1/s1. The maximum absolute atomic E-state index is 14.1. The van der Waals surface area contributed by atoms with E-state index in [4.69, 9.17) is 21.1 Å². The molecule has 0 radical (unpaired) electrons. The molecule has 178 valence electrons. The molecule has 1 aromatic rings. The molecule has 1 spiro atoms. The van der Waals surface area contributed by atoms with Crippen LogP contribution >= 0.6 is 11.6 Å². The van der Waals surface area contributed by atoms with Gasteiger partial charge in [0.25, 0.3) is 5.91 Å². The van der Waals surface area contributed by atoms with Crippen molar-refractivity contribution in [1.29, 1.82) is 0 Å². The maximum atomic E-state index is 14.1. The van der Waals surface area contributed by atoms with Crippen LogP contribution in [0, 0.1) is 11.8 Å². The van der Waals surface area contributed by atoms with Crippen LogP contribution in [0.5, 0.6) is 0 Å². The summed E-state index contributed by atoms with van der Waals surface area (Å²) < 4.78 is 11.6. The SMILES string of the molecule is C=CCN(C(=O)C1N(CCCO)C(=O)[C@@H]2[C@@H](C(=O)OCC)[C@H]3CCC12O3)c1ccc(Cl)cc1. The van der Waals surface area contributed by atoms with Gasteiger partial charge < -0.3 is 24.4 Å². The summed E-state index contributed by atoms with van der Waals surface area (Å²) in [5.74, 6) is -2.58. The lowest BCUT2D eigenvalue weighted by Crippen LogP contribution is -2.56. The van der Waals surface area contributed by atoms with E-state index in [1.165, 1.54) is 4.90 Å². The summed E-state index contributed by atoms with van der Waals surface area (Å²) in [7, 11) is 0. The first-order valence-electron chi connectivity index (χ1n) is 11.3. The number of benzene rings is 1. The molecule has 9 heteroatoms. The Morgan fingerprint density at radius 2 is 2.12 bits per heavy atom. The van der Waals surface area contributed by atoms with Crippen molar-refractivity contribution < 1.29 is 29.0 Å². The van der Waals surface area contributed by atoms with Crippen LogP contribution in [0.25, 0.3) is 0 Å². The number of carbonyl (C=O) groups is 3. The van der Waals surface area contributed by atoms with Gasteiger partial charge in [-0.3, -0.25) is 14.4 Å². The molecular formula is C24H29ClN2O6. The zero-order chi connectivity index (χ0) is 23.8. The van der Waals surface area contributed by atoms with Crippen molar-refractivity contribution >= 4 is 35.1 Å². The van der Waals surface area contributed by atoms with Crippen molar-refractivity contribution in [3.05, 3.63) is 41.9 Å². The minimum Gasteiger partial charge on any atom is -0.466 e. The minimum atomic E-state index is -1.10. The molecule has 33 heavy (non-hydrogen) atoms. The van der Waals surface area contributed by atoms with Crippen LogP contribution in [0.4, 0.5) is 5.69 Å².